The van der Waals surface area contributed by atoms with E-state index in [2.05, 4.69) is 22.0 Å². The summed E-state index contributed by atoms with van der Waals surface area (Å²) in [6.07, 6.45) is 1.96. The summed E-state index contributed by atoms with van der Waals surface area (Å²) in [6.45, 7) is 4.93. The number of benzene rings is 1. The topological polar surface area (TPSA) is 60.9 Å². The molecule has 28 heavy (non-hydrogen) atoms. The number of carbonyl (C=O) groups is 1. The van der Waals surface area contributed by atoms with E-state index in [1.54, 1.807) is 6.07 Å². The Bertz CT molecular complexity index is 894. The normalized spacial score (nSPS) is 16.8. The third kappa shape index (κ3) is 3.80. The molecule has 7 heteroatoms. The van der Waals surface area contributed by atoms with Gasteiger partial charge in [-0.1, -0.05) is 17.7 Å². The second-order valence-electron chi connectivity index (χ2n) is 7.19. The number of halogens is 1. The molecule has 1 aromatic carbocycles. The quantitative estimate of drug-likeness (QED) is 0.570. The molecule has 2 aromatic rings. The fourth-order valence-corrected chi connectivity index (χ4v) is 3.97. The molecule has 0 N–H and O–H groups in total. The van der Waals surface area contributed by atoms with Gasteiger partial charge in [0.25, 0.3) is 0 Å². The van der Waals surface area contributed by atoms with Crippen molar-refractivity contribution in [2.45, 2.75) is 39.1 Å². The molecule has 0 atom stereocenters. The number of piperidine rings is 1. The van der Waals surface area contributed by atoms with Gasteiger partial charge in [-0.25, -0.2) is 9.78 Å². The fraction of sp³-hybridized carbons (Fsp3) is 0.429. The van der Waals surface area contributed by atoms with E-state index in [4.69, 9.17) is 25.8 Å². The van der Waals surface area contributed by atoms with Gasteiger partial charge in [-0.05, 0) is 41.8 Å². The number of fused-ring (bicyclic) bond motifs is 1. The average Bonchev–Trinajstić information content (AvgIpc) is 3.17. The van der Waals surface area contributed by atoms with Crippen LogP contribution in [0.4, 0.5) is 5.82 Å². The number of rotatable bonds is 4. The number of carbonyl (C=O) groups excluding carboxylic acids is 1. The van der Waals surface area contributed by atoms with E-state index >= 15 is 0 Å². The van der Waals surface area contributed by atoms with Crippen LogP contribution >= 0.6 is 11.6 Å². The summed E-state index contributed by atoms with van der Waals surface area (Å²) < 4.78 is 16.4. The maximum atomic E-state index is 11.8. The smallest absolute Gasteiger partial charge is 0.341 e. The molecule has 0 radical (unpaired) electrons. The van der Waals surface area contributed by atoms with E-state index in [1.165, 1.54) is 18.2 Å². The van der Waals surface area contributed by atoms with Crippen LogP contribution < -0.4 is 9.64 Å². The van der Waals surface area contributed by atoms with Crippen molar-refractivity contribution in [1.29, 1.82) is 0 Å². The molecule has 6 nitrogen and oxygen atoms in total. The second kappa shape index (κ2) is 7.97. The van der Waals surface area contributed by atoms with Crippen LogP contribution in [0.2, 0.25) is 5.15 Å². The Labute approximate surface area is 169 Å². The van der Waals surface area contributed by atoms with Gasteiger partial charge in [0.1, 0.15) is 22.8 Å². The number of anilines is 1. The number of ether oxygens (including phenoxy) is 3. The third-order valence-electron chi connectivity index (χ3n) is 5.28. The highest BCUT2D eigenvalue weighted by Gasteiger charge is 2.25. The number of pyridine rings is 1. The zero-order valence-corrected chi connectivity index (χ0v) is 16.8. The van der Waals surface area contributed by atoms with Crippen LogP contribution in [0.25, 0.3) is 0 Å². The summed E-state index contributed by atoms with van der Waals surface area (Å²) in [5.41, 5.74) is 3.66. The molecule has 1 aromatic heterocycles. The van der Waals surface area contributed by atoms with Crippen LogP contribution in [0, 0.1) is 6.92 Å². The van der Waals surface area contributed by atoms with Crippen LogP contribution in [-0.4, -0.2) is 37.3 Å². The Morgan fingerprint density at radius 3 is 2.71 bits per heavy atom. The SMILES string of the molecule is COC(=O)c1cc(C)c(N2CCC(Oc3ccc4c(c3)COC4)CC2)nc1Cl. The predicted molar refractivity (Wildman–Crippen MR) is 106 cm³/mol. The summed E-state index contributed by atoms with van der Waals surface area (Å²) in [4.78, 5) is 18.4. The summed E-state index contributed by atoms with van der Waals surface area (Å²) in [6, 6.07) is 7.94. The van der Waals surface area contributed by atoms with Crippen molar-refractivity contribution in [2.75, 3.05) is 25.1 Å². The van der Waals surface area contributed by atoms with Gasteiger partial charge < -0.3 is 19.1 Å². The number of aryl methyl sites for hydroxylation is 1. The van der Waals surface area contributed by atoms with Crippen molar-refractivity contribution < 1.29 is 19.0 Å². The highest BCUT2D eigenvalue weighted by atomic mass is 35.5. The lowest BCUT2D eigenvalue weighted by molar-refractivity contribution is 0.0600. The van der Waals surface area contributed by atoms with Crippen molar-refractivity contribution in [3.63, 3.8) is 0 Å². The summed E-state index contributed by atoms with van der Waals surface area (Å²) in [7, 11) is 1.33. The van der Waals surface area contributed by atoms with Crippen molar-refractivity contribution in [2.24, 2.45) is 0 Å². The maximum absolute atomic E-state index is 11.8. The molecule has 3 heterocycles. The molecule has 1 saturated heterocycles. The molecule has 1 fully saturated rings. The standard InChI is InChI=1S/C21H23ClN2O4/c1-13-9-18(21(25)26-2)19(22)23-20(13)24-7-5-16(6-8-24)28-17-4-3-14-11-27-12-15(14)10-17/h3-4,9-10,16H,5-8,11-12H2,1-2H3. The van der Waals surface area contributed by atoms with E-state index < -0.39 is 5.97 Å². The Kier molecular flexibility index (Phi) is 5.42. The van der Waals surface area contributed by atoms with E-state index in [9.17, 15) is 4.79 Å². The molecular weight excluding hydrogens is 380 g/mol. The largest absolute Gasteiger partial charge is 0.490 e. The minimum absolute atomic E-state index is 0.168. The molecule has 0 unspecified atom stereocenters. The summed E-state index contributed by atoms with van der Waals surface area (Å²) >= 11 is 6.20. The number of esters is 1. The van der Waals surface area contributed by atoms with Gasteiger partial charge in [-0.15, -0.1) is 0 Å². The fourth-order valence-electron chi connectivity index (χ4n) is 3.75. The predicted octanol–water partition coefficient (Wildman–Crippen LogP) is 3.91. The first-order chi connectivity index (χ1) is 13.5. The summed E-state index contributed by atoms with van der Waals surface area (Å²) in [5.74, 6) is 1.24. The van der Waals surface area contributed by atoms with Crippen LogP contribution in [0.1, 0.15) is 39.9 Å². The zero-order chi connectivity index (χ0) is 19.7. The van der Waals surface area contributed by atoms with Gasteiger partial charge in [0, 0.05) is 25.9 Å². The van der Waals surface area contributed by atoms with Crippen molar-refractivity contribution in [3.05, 3.63) is 51.7 Å². The molecule has 4 rings (SSSR count). The van der Waals surface area contributed by atoms with Crippen LogP contribution in [-0.2, 0) is 22.7 Å². The summed E-state index contributed by atoms with van der Waals surface area (Å²) in [5, 5.41) is 0.172. The lowest BCUT2D eigenvalue weighted by atomic mass is 10.1. The number of nitrogens with zero attached hydrogens (tertiary/aromatic N) is 2. The average molecular weight is 403 g/mol. The first-order valence-corrected chi connectivity index (χ1v) is 9.79. The maximum Gasteiger partial charge on any atom is 0.341 e. The Balaban J connectivity index is 1.40. The lowest BCUT2D eigenvalue weighted by Crippen LogP contribution is -2.39. The monoisotopic (exact) mass is 402 g/mol. The number of aromatic nitrogens is 1. The van der Waals surface area contributed by atoms with Crippen molar-refractivity contribution in [3.8, 4) is 5.75 Å². The molecule has 148 valence electrons. The molecule has 0 amide bonds. The molecule has 0 saturated carbocycles. The van der Waals surface area contributed by atoms with E-state index in [-0.39, 0.29) is 11.3 Å². The van der Waals surface area contributed by atoms with E-state index in [1.807, 2.05) is 13.0 Å². The van der Waals surface area contributed by atoms with Crippen LogP contribution in [0.15, 0.2) is 24.3 Å². The van der Waals surface area contributed by atoms with Crippen LogP contribution in [0.3, 0.4) is 0 Å². The Morgan fingerprint density at radius 2 is 1.96 bits per heavy atom. The van der Waals surface area contributed by atoms with Crippen molar-refractivity contribution in [1.82, 2.24) is 4.98 Å². The van der Waals surface area contributed by atoms with E-state index in [0.717, 1.165) is 43.1 Å². The molecule has 0 bridgehead atoms. The van der Waals surface area contributed by atoms with Gasteiger partial charge in [0.2, 0.25) is 0 Å². The van der Waals surface area contributed by atoms with Gasteiger partial charge in [-0.2, -0.15) is 0 Å². The van der Waals surface area contributed by atoms with Gasteiger partial charge >= 0.3 is 5.97 Å². The number of methoxy groups -OCH3 is 1. The minimum atomic E-state index is -0.473. The Morgan fingerprint density at radius 1 is 1.21 bits per heavy atom. The van der Waals surface area contributed by atoms with Gasteiger partial charge in [-0.3, -0.25) is 0 Å². The molecule has 2 aliphatic heterocycles. The van der Waals surface area contributed by atoms with E-state index in [0.29, 0.717) is 18.8 Å². The third-order valence-corrected chi connectivity index (χ3v) is 5.57. The van der Waals surface area contributed by atoms with Crippen LogP contribution in [0.5, 0.6) is 5.75 Å². The first-order valence-electron chi connectivity index (χ1n) is 9.41. The highest BCUT2D eigenvalue weighted by Crippen LogP contribution is 2.29. The molecule has 0 spiro atoms. The molecule has 0 aliphatic carbocycles. The zero-order valence-electron chi connectivity index (χ0n) is 16.0. The first kappa shape index (κ1) is 19.0. The highest BCUT2D eigenvalue weighted by molar-refractivity contribution is 6.32. The van der Waals surface area contributed by atoms with Gasteiger partial charge in [0.15, 0.2) is 0 Å². The van der Waals surface area contributed by atoms with Crippen molar-refractivity contribution >= 4 is 23.4 Å². The van der Waals surface area contributed by atoms with Gasteiger partial charge in [0.05, 0.1) is 25.9 Å². The number of hydrogen-bond donors (Lipinski definition) is 0. The minimum Gasteiger partial charge on any atom is -0.490 e. The lowest BCUT2D eigenvalue weighted by Gasteiger charge is -2.34. The second-order valence-corrected chi connectivity index (χ2v) is 7.54. The Hall–Kier alpha value is -2.31. The molecule has 2 aliphatic rings. The number of hydrogen-bond acceptors (Lipinski definition) is 6. The molecular formula is C21H23ClN2O4.